The van der Waals surface area contributed by atoms with Crippen LogP contribution in [-0.4, -0.2) is 6.54 Å². The summed E-state index contributed by atoms with van der Waals surface area (Å²) >= 11 is 0. The van der Waals surface area contributed by atoms with Gasteiger partial charge in [-0.25, -0.2) is 0 Å². The molecule has 0 radical (unpaired) electrons. The number of hydrogen-bond acceptors (Lipinski definition) is 2. The molecule has 0 spiro atoms. The highest BCUT2D eigenvalue weighted by molar-refractivity contribution is 4.79. The monoisotopic (exact) mass is 156 g/mol. The van der Waals surface area contributed by atoms with E-state index in [0.717, 1.165) is 12.5 Å². The lowest BCUT2D eigenvalue weighted by Gasteiger charge is -2.35. The van der Waals surface area contributed by atoms with Crippen molar-refractivity contribution in [2.75, 3.05) is 6.54 Å². The maximum atomic E-state index is 5.30. The van der Waals surface area contributed by atoms with E-state index in [1.54, 1.807) is 0 Å². The van der Waals surface area contributed by atoms with Gasteiger partial charge in [0.1, 0.15) is 0 Å². The molecule has 66 valence electrons. The van der Waals surface area contributed by atoms with Crippen LogP contribution in [0.4, 0.5) is 0 Å². The van der Waals surface area contributed by atoms with Crippen LogP contribution in [0.15, 0.2) is 0 Å². The summed E-state index contributed by atoms with van der Waals surface area (Å²) in [6.07, 6.45) is 5.44. The Balaban J connectivity index is 2.34. The van der Waals surface area contributed by atoms with Gasteiger partial charge in [-0.05, 0) is 30.6 Å². The lowest BCUT2D eigenvalue weighted by Crippen LogP contribution is -2.33. The van der Waals surface area contributed by atoms with E-state index in [1.807, 2.05) is 0 Å². The predicted octanol–water partition coefficient (Wildman–Crippen LogP) is 1.67. The number of hydrazine groups is 1. The average molecular weight is 156 g/mol. The van der Waals surface area contributed by atoms with Gasteiger partial charge in [-0.1, -0.05) is 20.3 Å². The first-order chi connectivity index (χ1) is 5.14. The molecule has 0 heterocycles. The highest BCUT2D eigenvalue weighted by Gasteiger charge is 2.27. The lowest BCUT2D eigenvalue weighted by atomic mass is 9.72. The highest BCUT2D eigenvalue weighted by Crippen LogP contribution is 2.37. The maximum Gasteiger partial charge on any atom is 0.0126 e. The van der Waals surface area contributed by atoms with Crippen LogP contribution >= 0.6 is 0 Å². The van der Waals surface area contributed by atoms with Crippen LogP contribution in [-0.2, 0) is 0 Å². The zero-order valence-corrected chi connectivity index (χ0v) is 7.69. The molecule has 0 aromatic heterocycles. The first kappa shape index (κ1) is 9.01. The first-order valence-corrected chi connectivity index (χ1v) is 4.57. The second-order valence-electron chi connectivity index (χ2n) is 4.53. The third kappa shape index (κ3) is 2.80. The van der Waals surface area contributed by atoms with E-state index in [-0.39, 0.29) is 0 Å². The summed E-state index contributed by atoms with van der Waals surface area (Å²) in [5, 5.41) is 0. The molecule has 1 rings (SSSR count). The van der Waals surface area contributed by atoms with Crippen LogP contribution in [0.25, 0.3) is 0 Å². The standard InChI is InChI=1S/C9H20N2/c1-9(2)5-3-4-8(6-9)7-11-10/h8,11H,3-7,10H2,1-2H3. The molecule has 2 heteroatoms. The first-order valence-electron chi connectivity index (χ1n) is 4.57. The average Bonchev–Trinajstić information content (AvgIpc) is 1.85. The Bertz CT molecular complexity index is 119. The molecule has 0 aromatic carbocycles. The number of nitrogens with two attached hydrogens (primary N) is 1. The molecule has 3 N–H and O–H groups in total. The molecule has 1 saturated carbocycles. The normalized spacial score (nSPS) is 30.3. The molecule has 0 amide bonds. The van der Waals surface area contributed by atoms with Gasteiger partial charge in [0.15, 0.2) is 0 Å². The summed E-state index contributed by atoms with van der Waals surface area (Å²) in [7, 11) is 0. The fourth-order valence-electron chi connectivity index (χ4n) is 2.20. The van der Waals surface area contributed by atoms with E-state index >= 15 is 0 Å². The minimum Gasteiger partial charge on any atom is -0.271 e. The van der Waals surface area contributed by atoms with Gasteiger partial charge in [0, 0.05) is 6.54 Å². The minimum absolute atomic E-state index is 0.555. The summed E-state index contributed by atoms with van der Waals surface area (Å²) in [5.74, 6) is 6.11. The summed E-state index contributed by atoms with van der Waals surface area (Å²) in [6.45, 7) is 5.70. The third-order valence-corrected chi connectivity index (χ3v) is 2.71. The molecule has 1 unspecified atom stereocenters. The Hall–Kier alpha value is -0.0800. The van der Waals surface area contributed by atoms with Crippen molar-refractivity contribution in [1.82, 2.24) is 5.43 Å². The fraction of sp³-hybridized carbons (Fsp3) is 1.00. The van der Waals surface area contributed by atoms with Crippen molar-refractivity contribution in [2.24, 2.45) is 17.2 Å². The Kier molecular flexibility index (Phi) is 2.90. The molecule has 1 aliphatic rings. The van der Waals surface area contributed by atoms with Gasteiger partial charge in [0.05, 0.1) is 0 Å². The summed E-state index contributed by atoms with van der Waals surface area (Å²) in [4.78, 5) is 0. The van der Waals surface area contributed by atoms with E-state index in [0.29, 0.717) is 5.41 Å². The Morgan fingerprint density at radius 2 is 2.27 bits per heavy atom. The zero-order valence-electron chi connectivity index (χ0n) is 7.69. The van der Waals surface area contributed by atoms with Crippen molar-refractivity contribution in [1.29, 1.82) is 0 Å². The summed E-state index contributed by atoms with van der Waals surface area (Å²) in [6, 6.07) is 0. The van der Waals surface area contributed by atoms with Crippen molar-refractivity contribution >= 4 is 0 Å². The molecule has 1 aliphatic carbocycles. The maximum absolute atomic E-state index is 5.30. The van der Waals surface area contributed by atoms with Crippen molar-refractivity contribution in [3.8, 4) is 0 Å². The van der Waals surface area contributed by atoms with Gasteiger partial charge in [-0.15, -0.1) is 0 Å². The van der Waals surface area contributed by atoms with Crippen LogP contribution in [0.3, 0.4) is 0 Å². The molecule has 1 atom stereocenters. The van der Waals surface area contributed by atoms with E-state index in [9.17, 15) is 0 Å². The quantitative estimate of drug-likeness (QED) is 0.471. The van der Waals surface area contributed by atoms with E-state index in [1.165, 1.54) is 25.7 Å². The predicted molar refractivity (Wildman–Crippen MR) is 47.9 cm³/mol. The van der Waals surface area contributed by atoms with Crippen LogP contribution in [0.1, 0.15) is 39.5 Å². The molecule has 0 bridgehead atoms. The number of rotatable bonds is 2. The molecule has 11 heavy (non-hydrogen) atoms. The van der Waals surface area contributed by atoms with Gasteiger partial charge in [0.25, 0.3) is 0 Å². The second-order valence-corrected chi connectivity index (χ2v) is 4.53. The van der Waals surface area contributed by atoms with Crippen molar-refractivity contribution in [2.45, 2.75) is 39.5 Å². The fourth-order valence-corrected chi connectivity index (χ4v) is 2.20. The Morgan fingerprint density at radius 3 is 2.82 bits per heavy atom. The van der Waals surface area contributed by atoms with Gasteiger partial charge >= 0.3 is 0 Å². The summed E-state index contributed by atoms with van der Waals surface area (Å²) < 4.78 is 0. The van der Waals surface area contributed by atoms with Crippen LogP contribution in [0.2, 0.25) is 0 Å². The second kappa shape index (κ2) is 3.55. The Labute approximate surface area is 69.5 Å². The Morgan fingerprint density at radius 1 is 1.55 bits per heavy atom. The molecule has 0 saturated heterocycles. The minimum atomic E-state index is 0.555. The number of hydrogen-bond donors (Lipinski definition) is 2. The van der Waals surface area contributed by atoms with E-state index in [2.05, 4.69) is 19.3 Å². The van der Waals surface area contributed by atoms with Crippen molar-refractivity contribution in [3.63, 3.8) is 0 Å². The van der Waals surface area contributed by atoms with E-state index < -0.39 is 0 Å². The zero-order chi connectivity index (χ0) is 8.32. The molecular formula is C9H20N2. The molecule has 0 aromatic rings. The highest BCUT2D eigenvalue weighted by atomic mass is 15.2. The molecular weight excluding hydrogens is 136 g/mol. The largest absolute Gasteiger partial charge is 0.271 e. The van der Waals surface area contributed by atoms with Crippen LogP contribution in [0, 0.1) is 11.3 Å². The lowest BCUT2D eigenvalue weighted by molar-refractivity contribution is 0.178. The van der Waals surface area contributed by atoms with Gasteiger partial charge in [0.2, 0.25) is 0 Å². The topological polar surface area (TPSA) is 38.0 Å². The van der Waals surface area contributed by atoms with Crippen molar-refractivity contribution < 1.29 is 0 Å². The third-order valence-electron chi connectivity index (χ3n) is 2.71. The van der Waals surface area contributed by atoms with Crippen LogP contribution < -0.4 is 11.3 Å². The van der Waals surface area contributed by atoms with Gasteiger partial charge in [-0.2, -0.15) is 0 Å². The summed E-state index contributed by atoms with van der Waals surface area (Å²) in [5.41, 5.74) is 3.33. The van der Waals surface area contributed by atoms with Gasteiger partial charge < -0.3 is 0 Å². The number of nitrogens with one attached hydrogen (secondary N) is 1. The van der Waals surface area contributed by atoms with Crippen molar-refractivity contribution in [3.05, 3.63) is 0 Å². The smallest absolute Gasteiger partial charge is 0.0126 e. The SMILES string of the molecule is CC1(C)CCCC(CNN)C1. The molecule has 2 nitrogen and oxygen atoms in total. The van der Waals surface area contributed by atoms with Gasteiger partial charge in [-0.3, -0.25) is 11.3 Å². The molecule has 1 fully saturated rings. The molecule has 0 aliphatic heterocycles. The van der Waals surface area contributed by atoms with Crippen LogP contribution in [0.5, 0.6) is 0 Å². The van der Waals surface area contributed by atoms with E-state index in [4.69, 9.17) is 5.84 Å².